The van der Waals surface area contributed by atoms with Gasteiger partial charge in [0.2, 0.25) is 11.8 Å². The van der Waals surface area contributed by atoms with E-state index in [2.05, 4.69) is 17.4 Å². The lowest BCUT2D eigenvalue weighted by molar-refractivity contribution is -0.139. The SMILES string of the molecule is CC[C@H](C)NC(=O)[C@H](Cc1ccccc1)N(Cc1ccccc1C)C(=O)CSc1ccc(C)cc1. The Balaban J connectivity index is 1.91. The van der Waals surface area contributed by atoms with Crippen LogP contribution in [-0.2, 0) is 22.6 Å². The summed E-state index contributed by atoms with van der Waals surface area (Å²) in [4.78, 5) is 30.1. The molecule has 3 aromatic rings. The number of carbonyl (C=O) groups is 2. The smallest absolute Gasteiger partial charge is 0.243 e. The highest BCUT2D eigenvalue weighted by molar-refractivity contribution is 8.00. The first kappa shape index (κ1) is 26.6. The van der Waals surface area contributed by atoms with E-state index in [1.54, 1.807) is 4.90 Å². The molecule has 0 spiro atoms. The molecule has 3 aromatic carbocycles. The van der Waals surface area contributed by atoms with Crippen LogP contribution in [-0.4, -0.2) is 34.6 Å². The Bertz CT molecular complexity index is 1100. The summed E-state index contributed by atoms with van der Waals surface area (Å²) in [5.41, 5.74) is 4.38. The third-order valence-corrected chi connectivity index (χ3v) is 7.25. The minimum absolute atomic E-state index is 0.0399. The number of hydrogen-bond acceptors (Lipinski definition) is 3. The van der Waals surface area contributed by atoms with Crippen LogP contribution in [0.15, 0.2) is 83.8 Å². The maximum atomic E-state index is 13.7. The van der Waals surface area contributed by atoms with Gasteiger partial charge in [0.25, 0.3) is 0 Å². The van der Waals surface area contributed by atoms with Crippen molar-refractivity contribution in [1.29, 1.82) is 0 Å². The maximum absolute atomic E-state index is 13.7. The van der Waals surface area contributed by atoms with Crippen molar-refractivity contribution in [3.05, 3.63) is 101 Å². The Labute approximate surface area is 214 Å². The van der Waals surface area contributed by atoms with Gasteiger partial charge in [-0.1, -0.05) is 79.2 Å². The second-order valence-electron chi connectivity index (χ2n) is 9.07. The number of aryl methyl sites for hydroxylation is 2. The Kier molecular flexibility index (Phi) is 9.98. The molecule has 1 N–H and O–H groups in total. The predicted molar refractivity (Wildman–Crippen MR) is 145 cm³/mol. The third-order valence-electron chi connectivity index (χ3n) is 6.26. The number of carbonyl (C=O) groups excluding carboxylic acids is 2. The molecule has 35 heavy (non-hydrogen) atoms. The summed E-state index contributed by atoms with van der Waals surface area (Å²) in [6.07, 6.45) is 1.30. The number of nitrogens with one attached hydrogen (secondary N) is 1. The molecule has 0 aromatic heterocycles. The number of rotatable bonds is 11. The van der Waals surface area contributed by atoms with Crippen LogP contribution in [0.25, 0.3) is 0 Å². The van der Waals surface area contributed by atoms with Gasteiger partial charge in [0, 0.05) is 23.9 Å². The molecule has 2 amide bonds. The van der Waals surface area contributed by atoms with Crippen molar-refractivity contribution in [2.75, 3.05) is 5.75 Å². The highest BCUT2D eigenvalue weighted by Crippen LogP contribution is 2.22. The van der Waals surface area contributed by atoms with Crippen molar-refractivity contribution in [2.45, 2.75) is 64.1 Å². The largest absolute Gasteiger partial charge is 0.352 e. The number of benzene rings is 3. The van der Waals surface area contributed by atoms with Crippen LogP contribution in [0.2, 0.25) is 0 Å². The molecule has 5 heteroatoms. The zero-order valence-corrected chi connectivity index (χ0v) is 22.0. The van der Waals surface area contributed by atoms with E-state index in [9.17, 15) is 9.59 Å². The van der Waals surface area contributed by atoms with Crippen molar-refractivity contribution < 1.29 is 9.59 Å². The van der Waals surface area contributed by atoms with Crippen molar-refractivity contribution in [3.63, 3.8) is 0 Å². The van der Waals surface area contributed by atoms with E-state index < -0.39 is 6.04 Å². The average Bonchev–Trinajstić information content (AvgIpc) is 2.87. The van der Waals surface area contributed by atoms with Gasteiger partial charge in [-0.25, -0.2) is 0 Å². The standard InChI is InChI=1S/C30H36N2O2S/c1-5-24(4)31-30(34)28(19-25-12-7-6-8-13-25)32(20-26-14-10-9-11-23(26)3)29(33)21-35-27-17-15-22(2)16-18-27/h6-18,24,28H,5,19-21H2,1-4H3,(H,31,34)/t24-,28-/m0/s1. The van der Waals surface area contributed by atoms with Gasteiger partial charge in [0.15, 0.2) is 0 Å². The summed E-state index contributed by atoms with van der Waals surface area (Å²) in [6.45, 7) is 8.54. The molecule has 0 unspecified atom stereocenters. The number of thioether (sulfide) groups is 1. The molecule has 0 aliphatic heterocycles. The fourth-order valence-corrected chi connectivity index (χ4v) is 4.61. The molecule has 3 rings (SSSR count). The minimum atomic E-state index is -0.600. The lowest BCUT2D eigenvalue weighted by atomic mass is 10.0. The molecule has 0 aliphatic carbocycles. The monoisotopic (exact) mass is 488 g/mol. The van der Waals surface area contributed by atoms with Crippen LogP contribution in [0.4, 0.5) is 0 Å². The van der Waals surface area contributed by atoms with Gasteiger partial charge >= 0.3 is 0 Å². The van der Waals surface area contributed by atoms with Crippen molar-refractivity contribution >= 4 is 23.6 Å². The first-order valence-electron chi connectivity index (χ1n) is 12.2. The van der Waals surface area contributed by atoms with Gasteiger partial charge in [-0.2, -0.15) is 0 Å². The summed E-state index contributed by atoms with van der Waals surface area (Å²) in [7, 11) is 0. The Hall–Kier alpha value is -3.05. The Morgan fingerprint density at radius 2 is 1.57 bits per heavy atom. The van der Waals surface area contributed by atoms with E-state index >= 15 is 0 Å². The molecule has 4 nitrogen and oxygen atoms in total. The lowest BCUT2D eigenvalue weighted by Gasteiger charge is -2.32. The molecule has 0 saturated carbocycles. The zero-order chi connectivity index (χ0) is 25.2. The molecule has 0 radical (unpaired) electrons. The van der Waals surface area contributed by atoms with Crippen LogP contribution < -0.4 is 5.32 Å². The zero-order valence-electron chi connectivity index (χ0n) is 21.2. The maximum Gasteiger partial charge on any atom is 0.243 e. The van der Waals surface area contributed by atoms with Gasteiger partial charge in [-0.15, -0.1) is 11.8 Å². The summed E-state index contributed by atoms with van der Waals surface area (Å²) in [5, 5.41) is 3.13. The minimum Gasteiger partial charge on any atom is -0.352 e. The van der Waals surface area contributed by atoms with Crippen LogP contribution in [0.5, 0.6) is 0 Å². The predicted octanol–water partition coefficient (Wildman–Crippen LogP) is 5.95. The second-order valence-corrected chi connectivity index (χ2v) is 10.1. The van der Waals surface area contributed by atoms with Crippen LogP contribution in [0.1, 0.15) is 42.5 Å². The van der Waals surface area contributed by atoms with E-state index in [1.807, 2.05) is 94.4 Å². The van der Waals surface area contributed by atoms with E-state index in [4.69, 9.17) is 0 Å². The van der Waals surface area contributed by atoms with E-state index in [0.29, 0.717) is 13.0 Å². The number of amides is 2. The Morgan fingerprint density at radius 1 is 0.914 bits per heavy atom. The summed E-state index contributed by atoms with van der Waals surface area (Å²) in [6, 6.07) is 25.6. The number of hydrogen-bond donors (Lipinski definition) is 1. The lowest BCUT2D eigenvalue weighted by Crippen LogP contribution is -2.52. The first-order chi connectivity index (χ1) is 16.9. The topological polar surface area (TPSA) is 49.4 Å². The van der Waals surface area contributed by atoms with Crippen LogP contribution in [0.3, 0.4) is 0 Å². The molecule has 0 heterocycles. The molecule has 0 saturated heterocycles. The van der Waals surface area contributed by atoms with Gasteiger partial charge in [0.1, 0.15) is 6.04 Å². The van der Waals surface area contributed by atoms with Crippen molar-refractivity contribution in [2.24, 2.45) is 0 Å². The summed E-state index contributed by atoms with van der Waals surface area (Å²) >= 11 is 1.51. The van der Waals surface area contributed by atoms with Crippen molar-refractivity contribution in [1.82, 2.24) is 10.2 Å². The molecule has 0 bridgehead atoms. The third kappa shape index (κ3) is 8.00. The van der Waals surface area contributed by atoms with Crippen molar-refractivity contribution in [3.8, 4) is 0 Å². The molecule has 0 aliphatic rings. The second kappa shape index (κ2) is 13.1. The molecular weight excluding hydrogens is 452 g/mol. The molecule has 184 valence electrons. The van der Waals surface area contributed by atoms with Crippen LogP contribution in [0, 0.1) is 13.8 Å². The van der Waals surface area contributed by atoms with E-state index in [-0.39, 0.29) is 23.6 Å². The number of nitrogens with zero attached hydrogens (tertiary/aromatic N) is 1. The van der Waals surface area contributed by atoms with E-state index in [1.165, 1.54) is 17.3 Å². The quantitative estimate of drug-likeness (QED) is 0.339. The van der Waals surface area contributed by atoms with Gasteiger partial charge in [0.05, 0.1) is 5.75 Å². The fraction of sp³-hybridized carbons (Fsp3) is 0.333. The van der Waals surface area contributed by atoms with Gasteiger partial charge in [-0.05, 0) is 56.0 Å². The van der Waals surface area contributed by atoms with Crippen LogP contribution >= 0.6 is 11.8 Å². The summed E-state index contributed by atoms with van der Waals surface area (Å²) in [5.74, 6) is 0.126. The first-order valence-corrected chi connectivity index (χ1v) is 13.2. The normalized spacial score (nSPS) is 12.6. The molecular formula is C30H36N2O2S. The highest BCUT2D eigenvalue weighted by Gasteiger charge is 2.31. The molecule has 0 fully saturated rings. The summed E-state index contributed by atoms with van der Waals surface area (Å²) < 4.78 is 0. The Morgan fingerprint density at radius 3 is 2.23 bits per heavy atom. The van der Waals surface area contributed by atoms with Gasteiger partial charge in [-0.3, -0.25) is 9.59 Å². The molecule has 2 atom stereocenters. The average molecular weight is 489 g/mol. The fourth-order valence-electron chi connectivity index (χ4n) is 3.83. The van der Waals surface area contributed by atoms with E-state index in [0.717, 1.165) is 28.0 Å². The van der Waals surface area contributed by atoms with Gasteiger partial charge < -0.3 is 10.2 Å². The highest BCUT2D eigenvalue weighted by atomic mass is 32.2.